The second kappa shape index (κ2) is 6.16. The topological polar surface area (TPSA) is 69.4 Å². The number of ketones is 1. The van der Waals surface area contributed by atoms with E-state index in [4.69, 9.17) is 4.74 Å². The molecule has 0 amide bonds. The van der Waals surface area contributed by atoms with Crippen molar-refractivity contribution in [2.24, 2.45) is 0 Å². The molecule has 6 heteroatoms. The molecule has 0 saturated heterocycles. The summed E-state index contributed by atoms with van der Waals surface area (Å²) in [7, 11) is 0. The molecule has 2 heterocycles. The van der Waals surface area contributed by atoms with Crippen LogP contribution in [0.4, 0.5) is 0 Å². The Hall–Kier alpha value is -3.54. The van der Waals surface area contributed by atoms with Crippen molar-refractivity contribution in [1.82, 2.24) is 19.8 Å². The molecule has 0 aliphatic heterocycles. The molecule has 25 heavy (non-hydrogen) atoms. The first-order chi connectivity index (χ1) is 12.2. The molecule has 0 unspecified atom stereocenters. The Morgan fingerprint density at radius 1 is 0.920 bits per heavy atom. The number of nitrogens with zero attached hydrogens (tertiary/aromatic N) is 4. The molecule has 0 aliphatic carbocycles. The highest BCUT2D eigenvalue weighted by atomic mass is 16.5. The van der Waals surface area contributed by atoms with Gasteiger partial charge >= 0.3 is 0 Å². The summed E-state index contributed by atoms with van der Waals surface area (Å²) >= 11 is 0. The molecule has 0 fully saturated rings. The molecule has 4 rings (SSSR count). The number of hydrogen-bond acceptors (Lipinski definition) is 5. The van der Waals surface area contributed by atoms with Gasteiger partial charge in [0, 0.05) is 11.6 Å². The van der Waals surface area contributed by atoms with E-state index in [2.05, 4.69) is 15.3 Å². The number of benzene rings is 2. The molecule has 0 N–H and O–H groups in total. The maximum Gasteiger partial charge on any atom is 0.237 e. The molecule has 4 aromatic rings. The summed E-state index contributed by atoms with van der Waals surface area (Å²) in [5, 5.41) is 12.3. The fourth-order valence-corrected chi connectivity index (χ4v) is 2.53. The maximum absolute atomic E-state index is 12.8. The normalized spacial score (nSPS) is 10.8. The van der Waals surface area contributed by atoms with Crippen molar-refractivity contribution >= 4 is 11.4 Å². The lowest BCUT2D eigenvalue weighted by molar-refractivity contribution is 0.103. The SMILES string of the molecule is Cc1nnc2ccc(Oc3ccccc3C(=O)c3ccccc3)nn12. The van der Waals surface area contributed by atoms with Crippen LogP contribution in [0.1, 0.15) is 21.7 Å². The van der Waals surface area contributed by atoms with Crippen molar-refractivity contribution in [3.8, 4) is 11.6 Å². The highest BCUT2D eigenvalue weighted by Crippen LogP contribution is 2.26. The van der Waals surface area contributed by atoms with E-state index in [0.29, 0.717) is 34.2 Å². The van der Waals surface area contributed by atoms with Gasteiger partial charge in [0.2, 0.25) is 5.88 Å². The third-order valence-corrected chi connectivity index (χ3v) is 3.78. The van der Waals surface area contributed by atoms with E-state index >= 15 is 0 Å². The molecule has 122 valence electrons. The largest absolute Gasteiger partial charge is 0.437 e. The number of hydrogen-bond donors (Lipinski definition) is 0. The van der Waals surface area contributed by atoms with Crippen LogP contribution in [0.25, 0.3) is 5.65 Å². The number of fused-ring (bicyclic) bond motifs is 1. The average Bonchev–Trinajstić information content (AvgIpc) is 3.03. The lowest BCUT2D eigenvalue weighted by Gasteiger charge is -2.10. The summed E-state index contributed by atoms with van der Waals surface area (Å²) in [6, 6.07) is 19.7. The maximum atomic E-state index is 12.8. The minimum absolute atomic E-state index is 0.0993. The third kappa shape index (κ3) is 2.85. The van der Waals surface area contributed by atoms with Gasteiger partial charge in [0.15, 0.2) is 17.3 Å². The Labute approximate surface area is 143 Å². The number of aryl methyl sites for hydroxylation is 1. The molecule has 0 atom stereocenters. The summed E-state index contributed by atoms with van der Waals surface area (Å²) in [6.45, 7) is 1.81. The van der Waals surface area contributed by atoms with E-state index in [9.17, 15) is 4.79 Å². The van der Waals surface area contributed by atoms with Crippen molar-refractivity contribution in [1.29, 1.82) is 0 Å². The van der Waals surface area contributed by atoms with Crippen molar-refractivity contribution in [2.75, 3.05) is 0 Å². The minimum Gasteiger partial charge on any atom is -0.437 e. The predicted molar refractivity (Wildman–Crippen MR) is 91.9 cm³/mol. The van der Waals surface area contributed by atoms with Gasteiger partial charge < -0.3 is 4.74 Å². The molecule has 2 aromatic carbocycles. The number of carbonyl (C=O) groups is 1. The summed E-state index contributed by atoms with van der Waals surface area (Å²) in [5.41, 5.74) is 1.73. The van der Waals surface area contributed by atoms with Gasteiger partial charge in [0.05, 0.1) is 5.56 Å². The van der Waals surface area contributed by atoms with Crippen LogP contribution in [0.15, 0.2) is 66.7 Å². The fourth-order valence-electron chi connectivity index (χ4n) is 2.53. The molecule has 0 radical (unpaired) electrons. The summed E-state index contributed by atoms with van der Waals surface area (Å²) in [5.74, 6) is 1.38. The second-order valence-corrected chi connectivity index (χ2v) is 5.48. The van der Waals surface area contributed by atoms with Crippen molar-refractivity contribution in [3.05, 3.63) is 83.7 Å². The number of ether oxygens (including phenoxy) is 1. The van der Waals surface area contributed by atoms with Gasteiger partial charge in [-0.05, 0) is 25.1 Å². The molecule has 0 bridgehead atoms. The second-order valence-electron chi connectivity index (χ2n) is 5.48. The smallest absolute Gasteiger partial charge is 0.237 e. The molecular weight excluding hydrogens is 316 g/mol. The molecule has 0 spiro atoms. The first-order valence-electron chi connectivity index (χ1n) is 7.78. The van der Waals surface area contributed by atoms with Gasteiger partial charge in [-0.15, -0.1) is 15.3 Å². The van der Waals surface area contributed by atoms with Gasteiger partial charge in [-0.3, -0.25) is 4.79 Å². The quantitative estimate of drug-likeness (QED) is 0.536. The van der Waals surface area contributed by atoms with Gasteiger partial charge in [-0.25, -0.2) is 0 Å². The Morgan fingerprint density at radius 3 is 2.52 bits per heavy atom. The van der Waals surface area contributed by atoms with Crippen molar-refractivity contribution in [2.45, 2.75) is 6.92 Å². The van der Waals surface area contributed by atoms with Gasteiger partial charge in [-0.1, -0.05) is 42.5 Å². The zero-order valence-corrected chi connectivity index (χ0v) is 13.5. The lowest BCUT2D eigenvalue weighted by Crippen LogP contribution is -2.04. The Bertz CT molecular complexity index is 1060. The van der Waals surface area contributed by atoms with Gasteiger partial charge in [0.1, 0.15) is 5.75 Å². The number of rotatable bonds is 4. The lowest BCUT2D eigenvalue weighted by atomic mass is 10.0. The van der Waals surface area contributed by atoms with Crippen LogP contribution < -0.4 is 4.74 Å². The van der Waals surface area contributed by atoms with Crippen LogP contribution in [0.2, 0.25) is 0 Å². The zero-order chi connectivity index (χ0) is 17.2. The number of para-hydroxylation sites is 1. The fraction of sp³-hybridized carbons (Fsp3) is 0.0526. The highest BCUT2D eigenvalue weighted by Gasteiger charge is 2.15. The van der Waals surface area contributed by atoms with E-state index in [1.54, 1.807) is 40.9 Å². The van der Waals surface area contributed by atoms with E-state index in [1.165, 1.54) is 0 Å². The van der Waals surface area contributed by atoms with Crippen LogP contribution in [-0.2, 0) is 0 Å². The first-order valence-corrected chi connectivity index (χ1v) is 7.78. The first kappa shape index (κ1) is 15.0. The molecular formula is C19H14N4O2. The monoisotopic (exact) mass is 330 g/mol. The standard InChI is InChI=1S/C19H14N4O2/c1-13-20-21-17-11-12-18(22-23(13)17)25-16-10-6-5-9-15(16)19(24)14-7-3-2-4-8-14/h2-12H,1H3. The highest BCUT2D eigenvalue weighted by molar-refractivity contribution is 6.10. The summed E-state index contributed by atoms with van der Waals surface area (Å²) < 4.78 is 7.47. The Balaban J connectivity index is 1.71. The van der Waals surface area contributed by atoms with Crippen LogP contribution in [0.5, 0.6) is 11.6 Å². The molecule has 0 saturated carbocycles. The van der Waals surface area contributed by atoms with Gasteiger partial charge in [0.25, 0.3) is 0 Å². The number of aromatic nitrogens is 4. The van der Waals surface area contributed by atoms with E-state index in [1.807, 2.05) is 37.3 Å². The Kier molecular flexibility index (Phi) is 3.70. The van der Waals surface area contributed by atoms with E-state index in [0.717, 1.165) is 0 Å². The van der Waals surface area contributed by atoms with Crippen LogP contribution in [-0.4, -0.2) is 25.6 Å². The zero-order valence-electron chi connectivity index (χ0n) is 13.5. The summed E-state index contributed by atoms with van der Waals surface area (Å²) in [6.07, 6.45) is 0. The number of carbonyl (C=O) groups excluding carboxylic acids is 1. The molecule has 0 aliphatic rings. The van der Waals surface area contributed by atoms with E-state index in [-0.39, 0.29) is 5.78 Å². The Morgan fingerprint density at radius 2 is 1.68 bits per heavy atom. The van der Waals surface area contributed by atoms with Crippen LogP contribution in [0.3, 0.4) is 0 Å². The molecule has 6 nitrogen and oxygen atoms in total. The van der Waals surface area contributed by atoms with Crippen LogP contribution in [0, 0.1) is 6.92 Å². The average molecular weight is 330 g/mol. The predicted octanol–water partition coefficient (Wildman–Crippen LogP) is 3.46. The van der Waals surface area contributed by atoms with Crippen LogP contribution >= 0.6 is 0 Å². The van der Waals surface area contributed by atoms with Gasteiger partial charge in [-0.2, -0.15) is 4.52 Å². The van der Waals surface area contributed by atoms with E-state index < -0.39 is 0 Å². The molecule has 2 aromatic heterocycles. The minimum atomic E-state index is -0.0993. The third-order valence-electron chi connectivity index (χ3n) is 3.78. The van der Waals surface area contributed by atoms with Crippen molar-refractivity contribution in [3.63, 3.8) is 0 Å². The summed E-state index contributed by atoms with van der Waals surface area (Å²) in [4.78, 5) is 12.8. The van der Waals surface area contributed by atoms with Crippen molar-refractivity contribution < 1.29 is 9.53 Å².